The van der Waals surface area contributed by atoms with Gasteiger partial charge in [-0.15, -0.1) is 0 Å². The first-order chi connectivity index (χ1) is 12.8. The van der Waals surface area contributed by atoms with Gasteiger partial charge in [-0.1, -0.05) is 26.0 Å². The van der Waals surface area contributed by atoms with Crippen LogP contribution in [-0.4, -0.2) is 26.8 Å². The van der Waals surface area contributed by atoms with E-state index in [0.29, 0.717) is 17.9 Å². The molecule has 7 nitrogen and oxygen atoms in total. The molecule has 0 saturated heterocycles. The summed E-state index contributed by atoms with van der Waals surface area (Å²) in [5.74, 6) is 0.330. The number of carboxylic acid groups (broad SMARTS) is 1. The highest BCUT2D eigenvalue weighted by Gasteiger charge is 2.16. The van der Waals surface area contributed by atoms with Gasteiger partial charge in [0.15, 0.2) is 5.69 Å². The minimum absolute atomic E-state index is 0.0231. The Kier molecular flexibility index (Phi) is 5.12. The molecule has 0 radical (unpaired) electrons. The Labute approximate surface area is 156 Å². The number of benzene rings is 1. The number of aryl methyl sites for hydroxylation is 1. The molecule has 3 aromatic rings. The molecule has 2 heterocycles. The summed E-state index contributed by atoms with van der Waals surface area (Å²) >= 11 is 0. The third-order valence-electron chi connectivity index (χ3n) is 4.19. The van der Waals surface area contributed by atoms with Crippen molar-refractivity contribution in [2.45, 2.75) is 33.2 Å². The molecular formula is C20H21N3O4. The van der Waals surface area contributed by atoms with Gasteiger partial charge in [-0.3, -0.25) is 4.79 Å². The Morgan fingerprint density at radius 2 is 2.04 bits per heavy atom. The zero-order valence-corrected chi connectivity index (χ0v) is 15.4. The van der Waals surface area contributed by atoms with Gasteiger partial charge in [0.2, 0.25) is 0 Å². The van der Waals surface area contributed by atoms with Crippen LogP contribution in [-0.2, 0) is 6.54 Å². The number of hydrogen-bond acceptors (Lipinski definition) is 4. The number of aromatic nitrogens is 2. The van der Waals surface area contributed by atoms with Crippen LogP contribution in [0.25, 0.3) is 5.69 Å². The summed E-state index contributed by atoms with van der Waals surface area (Å²) in [6.07, 6.45) is 1.59. The van der Waals surface area contributed by atoms with Crippen molar-refractivity contribution in [2.24, 2.45) is 0 Å². The first-order valence-corrected chi connectivity index (χ1v) is 8.62. The minimum atomic E-state index is -1.08. The summed E-state index contributed by atoms with van der Waals surface area (Å²) in [4.78, 5) is 23.4. The smallest absolute Gasteiger partial charge is 0.356 e. The molecule has 2 aromatic heterocycles. The lowest BCUT2D eigenvalue weighted by Gasteiger charge is -2.07. The highest BCUT2D eigenvalue weighted by Crippen LogP contribution is 2.21. The Hall–Kier alpha value is -3.35. The molecule has 0 spiro atoms. The van der Waals surface area contributed by atoms with Crippen molar-refractivity contribution in [3.63, 3.8) is 0 Å². The first-order valence-electron chi connectivity index (χ1n) is 8.62. The van der Waals surface area contributed by atoms with E-state index in [1.165, 1.54) is 10.7 Å². The van der Waals surface area contributed by atoms with Crippen LogP contribution in [0.15, 0.2) is 47.0 Å². The Morgan fingerprint density at radius 3 is 2.67 bits per heavy atom. The van der Waals surface area contributed by atoms with Gasteiger partial charge in [-0.25, -0.2) is 9.48 Å². The summed E-state index contributed by atoms with van der Waals surface area (Å²) in [7, 11) is 0. The SMILES string of the molecule is Cc1oc(C(C)C)cc1C(=O)NCc1cccc(-n2ccc(C(=O)O)n2)c1. The summed E-state index contributed by atoms with van der Waals surface area (Å²) in [6, 6.07) is 10.6. The average Bonchev–Trinajstić information content (AvgIpc) is 3.27. The van der Waals surface area contributed by atoms with E-state index in [9.17, 15) is 9.59 Å². The summed E-state index contributed by atoms with van der Waals surface area (Å²) in [6.45, 7) is 6.13. The number of aromatic carboxylic acids is 1. The topological polar surface area (TPSA) is 97.4 Å². The van der Waals surface area contributed by atoms with Crippen molar-refractivity contribution in [3.8, 4) is 5.69 Å². The number of hydrogen-bond donors (Lipinski definition) is 2. The molecule has 1 aromatic carbocycles. The van der Waals surface area contributed by atoms with Crippen LogP contribution in [0.1, 0.15) is 57.7 Å². The molecule has 0 aliphatic heterocycles. The summed E-state index contributed by atoms with van der Waals surface area (Å²) in [5.41, 5.74) is 2.10. The van der Waals surface area contributed by atoms with E-state index in [1.807, 2.05) is 38.1 Å². The molecule has 0 atom stereocenters. The zero-order valence-electron chi connectivity index (χ0n) is 15.4. The van der Waals surface area contributed by atoms with E-state index < -0.39 is 5.97 Å². The standard InChI is InChI=1S/C20H21N3O4/c1-12(2)18-10-16(13(3)27-18)19(24)21-11-14-5-4-6-15(9-14)23-8-7-17(22-23)20(25)26/h4-10,12H,11H2,1-3H3,(H,21,24)(H,25,26). The number of furan rings is 1. The molecule has 0 unspecified atom stereocenters. The van der Waals surface area contributed by atoms with Gasteiger partial charge in [0, 0.05) is 18.7 Å². The quantitative estimate of drug-likeness (QED) is 0.695. The lowest BCUT2D eigenvalue weighted by molar-refractivity contribution is 0.0689. The van der Waals surface area contributed by atoms with Crippen molar-refractivity contribution in [2.75, 3.05) is 0 Å². The summed E-state index contributed by atoms with van der Waals surface area (Å²) in [5, 5.41) is 15.9. The fourth-order valence-corrected chi connectivity index (χ4v) is 2.68. The van der Waals surface area contributed by atoms with Crippen LogP contribution in [0.5, 0.6) is 0 Å². The van der Waals surface area contributed by atoms with Crippen LogP contribution in [0.4, 0.5) is 0 Å². The van der Waals surface area contributed by atoms with E-state index in [-0.39, 0.29) is 17.5 Å². The Morgan fingerprint density at radius 1 is 1.26 bits per heavy atom. The monoisotopic (exact) mass is 367 g/mol. The lowest BCUT2D eigenvalue weighted by Crippen LogP contribution is -2.23. The zero-order chi connectivity index (χ0) is 19.6. The predicted molar refractivity (Wildman–Crippen MR) is 99.2 cm³/mol. The number of amides is 1. The van der Waals surface area contributed by atoms with E-state index in [1.54, 1.807) is 19.2 Å². The number of nitrogens with one attached hydrogen (secondary N) is 1. The van der Waals surface area contributed by atoms with E-state index in [4.69, 9.17) is 9.52 Å². The fraction of sp³-hybridized carbons (Fsp3) is 0.250. The highest BCUT2D eigenvalue weighted by molar-refractivity contribution is 5.95. The Balaban J connectivity index is 1.71. The van der Waals surface area contributed by atoms with Crippen molar-refractivity contribution >= 4 is 11.9 Å². The van der Waals surface area contributed by atoms with Crippen molar-refractivity contribution in [1.82, 2.24) is 15.1 Å². The molecule has 0 saturated carbocycles. The van der Waals surface area contributed by atoms with Crippen LogP contribution in [0.3, 0.4) is 0 Å². The Bertz CT molecular complexity index is 985. The second-order valence-electron chi connectivity index (χ2n) is 6.58. The number of carbonyl (C=O) groups excluding carboxylic acids is 1. The first kappa shape index (κ1) is 18.4. The van der Waals surface area contributed by atoms with E-state index in [2.05, 4.69) is 10.4 Å². The molecule has 0 aliphatic rings. The molecule has 140 valence electrons. The molecule has 3 rings (SSSR count). The van der Waals surface area contributed by atoms with Gasteiger partial charge in [0.25, 0.3) is 5.91 Å². The number of nitrogens with zero attached hydrogens (tertiary/aromatic N) is 2. The van der Waals surface area contributed by atoms with Gasteiger partial charge in [-0.05, 0) is 36.8 Å². The van der Waals surface area contributed by atoms with Gasteiger partial charge in [-0.2, -0.15) is 5.10 Å². The van der Waals surface area contributed by atoms with Crippen molar-refractivity contribution in [3.05, 3.63) is 70.9 Å². The van der Waals surface area contributed by atoms with Crippen LogP contribution in [0.2, 0.25) is 0 Å². The highest BCUT2D eigenvalue weighted by atomic mass is 16.4. The third kappa shape index (κ3) is 4.08. The molecule has 7 heteroatoms. The molecule has 0 aliphatic carbocycles. The van der Waals surface area contributed by atoms with Crippen LogP contribution >= 0.6 is 0 Å². The molecule has 0 fully saturated rings. The van der Waals surface area contributed by atoms with Crippen LogP contribution < -0.4 is 5.32 Å². The number of carboxylic acids is 1. The average molecular weight is 367 g/mol. The van der Waals surface area contributed by atoms with Gasteiger partial charge >= 0.3 is 5.97 Å². The lowest BCUT2D eigenvalue weighted by atomic mass is 10.1. The molecule has 0 bridgehead atoms. The largest absolute Gasteiger partial charge is 0.476 e. The molecule has 2 N–H and O–H groups in total. The van der Waals surface area contributed by atoms with Crippen molar-refractivity contribution in [1.29, 1.82) is 0 Å². The normalized spacial score (nSPS) is 11.0. The minimum Gasteiger partial charge on any atom is -0.476 e. The molecule has 1 amide bonds. The fourth-order valence-electron chi connectivity index (χ4n) is 2.68. The maximum atomic E-state index is 12.5. The number of carbonyl (C=O) groups is 2. The maximum Gasteiger partial charge on any atom is 0.356 e. The van der Waals surface area contributed by atoms with Gasteiger partial charge < -0.3 is 14.8 Å². The maximum absolute atomic E-state index is 12.5. The van der Waals surface area contributed by atoms with E-state index >= 15 is 0 Å². The van der Waals surface area contributed by atoms with Gasteiger partial charge in [0.05, 0.1) is 11.3 Å². The van der Waals surface area contributed by atoms with Gasteiger partial charge in [0.1, 0.15) is 11.5 Å². The third-order valence-corrected chi connectivity index (χ3v) is 4.19. The van der Waals surface area contributed by atoms with E-state index in [0.717, 1.165) is 17.0 Å². The second-order valence-corrected chi connectivity index (χ2v) is 6.58. The second kappa shape index (κ2) is 7.49. The van der Waals surface area contributed by atoms with Crippen LogP contribution in [0, 0.1) is 6.92 Å². The van der Waals surface area contributed by atoms with Crippen molar-refractivity contribution < 1.29 is 19.1 Å². The number of rotatable bonds is 6. The predicted octanol–water partition coefficient (Wildman–Crippen LogP) is 3.53. The molecular weight excluding hydrogens is 346 g/mol. The molecule has 27 heavy (non-hydrogen) atoms. The summed E-state index contributed by atoms with van der Waals surface area (Å²) < 4.78 is 7.12.